The van der Waals surface area contributed by atoms with E-state index >= 15 is 0 Å². The lowest BCUT2D eigenvalue weighted by atomic mass is 10.2. The first-order valence-corrected chi connectivity index (χ1v) is 8.75. The van der Waals surface area contributed by atoms with Crippen LogP contribution in [-0.2, 0) is 16.6 Å². The van der Waals surface area contributed by atoms with Gasteiger partial charge in [0.25, 0.3) is 0 Å². The number of nitrogens with zero attached hydrogens (tertiary/aromatic N) is 1. The molecule has 0 saturated carbocycles. The molecule has 1 aromatic rings. The fourth-order valence-corrected chi connectivity index (χ4v) is 3.09. The first kappa shape index (κ1) is 16.6. The second-order valence-electron chi connectivity index (χ2n) is 4.41. The SMILES string of the molecule is CCNCCCS(=O)(=O)N(C)Cc1ccc(Br)cc1. The molecule has 0 aliphatic carbocycles. The van der Waals surface area contributed by atoms with Gasteiger partial charge in [-0.05, 0) is 37.2 Å². The number of hydrogen-bond acceptors (Lipinski definition) is 3. The molecule has 0 fully saturated rings. The van der Waals surface area contributed by atoms with Gasteiger partial charge in [-0.2, -0.15) is 0 Å². The number of rotatable bonds is 8. The molecule has 19 heavy (non-hydrogen) atoms. The van der Waals surface area contributed by atoms with Gasteiger partial charge in [0, 0.05) is 18.1 Å². The normalized spacial score (nSPS) is 12.0. The lowest BCUT2D eigenvalue weighted by molar-refractivity contribution is 0.464. The largest absolute Gasteiger partial charge is 0.317 e. The zero-order valence-electron chi connectivity index (χ0n) is 11.4. The lowest BCUT2D eigenvalue weighted by Crippen LogP contribution is -2.30. The molecule has 0 atom stereocenters. The Hall–Kier alpha value is -0.430. The molecular formula is C13H21BrN2O2S. The van der Waals surface area contributed by atoms with Crippen molar-refractivity contribution in [1.82, 2.24) is 9.62 Å². The third-order valence-electron chi connectivity index (χ3n) is 2.80. The Bertz CT molecular complexity index is 474. The average molecular weight is 349 g/mol. The third kappa shape index (κ3) is 6.03. The van der Waals surface area contributed by atoms with Crippen LogP contribution in [0.15, 0.2) is 28.7 Å². The summed E-state index contributed by atoms with van der Waals surface area (Å²) in [6, 6.07) is 7.69. The van der Waals surface area contributed by atoms with Crippen LogP contribution in [0, 0.1) is 0 Å². The topological polar surface area (TPSA) is 49.4 Å². The van der Waals surface area contributed by atoms with Crippen LogP contribution in [0.25, 0.3) is 0 Å². The van der Waals surface area contributed by atoms with Gasteiger partial charge < -0.3 is 5.32 Å². The maximum atomic E-state index is 12.1. The molecule has 0 heterocycles. The van der Waals surface area contributed by atoms with Crippen molar-refractivity contribution in [2.45, 2.75) is 19.9 Å². The number of halogens is 1. The molecular weight excluding hydrogens is 328 g/mol. The molecule has 1 rings (SSSR count). The predicted molar refractivity (Wildman–Crippen MR) is 82.6 cm³/mol. The summed E-state index contributed by atoms with van der Waals surface area (Å²) in [7, 11) is -1.54. The van der Waals surface area contributed by atoms with Crippen LogP contribution < -0.4 is 5.32 Å². The van der Waals surface area contributed by atoms with Crippen LogP contribution in [0.2, 0.25) is 0 Å². The molecule has 6 heteroatoms. The fourth-order valence-electron chi connectivity index (χ4n) is 1.66. The minimum absolute atomic E-state index is 0.188. The molecule has 0 aliphatic rings. The van der Waals surface area contributed by atoms with E-state index in [1.165, 1.54) is 4.31 Å². The maximum Gasteiger partial charge on any atom is 0.214 e. The van der Waals surface area contributed by atoms with Crippen molar-refractivity contribution in [3.8, 4) is 0 Å². The molecule has 1 aromatic carbocycles. The summed E-state index contributed by atoms with van der Waals surface area (Å²) in [5.74, 6) is 0.188. The van der Waals surface area contributed by atoms with Crippen molar-refractivity contribution in [3.05, 3.63) is 34.3 Å². The Morgan fingerprint density at radius 2 is 1.89 bits per heavy atom. The highest BCUT2D eigenvalue weighted by Gasteiger charge is 2.17. The van der Waals surface area contributed by atoms with E-state index in [9.17, 15) is 8.42 Å². The molecule has 0 spiro atoms. The number of nitrogens with one attached hydrogen (secondary N) is 1. The predicted octanol–water partition coefficient (Wildman–Crippen LogP) is 2.21. The second-order valence-corrected chi connectivity index (χ2v) is 7.52. The Kier molecular flexibility index (Phi) is 6.99. The number of benzene rings is 1. The third-order valence-corrected chi connectivity index (χ3v) is 5.21. The van der Waals surface area contributed by atoms with Crippen LogP contribution >= 0.6 is 15.9 Å². The van der Waals surface area contributed by atoms with Gasteiger partial charge in [-0.1, -0.05) is 35.0 Å². The first-order valence-electron chi connectivity index (χ1n) is 6.35. The summed E-state index contributed by atoms with van der Waals surface area (Å²) in [5, 5.41) is 3.13. The Morgan fingerprint density at radius 3 is 2.47 bits per heavy atom. The summed E-state index contributed by atoms with van der Waals surface area (Å²) < 4.78 is 26.5. The quantitative estimate of drug-likeness (QED) is 0.732. The number of sulfonamides is 1. The standard InChI is InChI=1S/C13H21BrN2O2S/c1-3-15-9-4-10-19(17,18)16(2)11-12-5-7-13(14)8-6-12/h5-8,15H,3-4,9-11H2,1-2H3. The minimum atomic E-state index is -3.17. The van der Waals surface area contributed by atoms with Crippen molar-refractivity contribution in [2.75, 3.05) is 25.9 Å². The molecule has 0 aromatic heterocycles. The van der Waals surface area contributed by atoms with Gasteiger partial charge in [0.2, 0.25) is 10.0 Å². The van der Waals surface area contributed by atoms with Crippen LogP contribution in [0.4, 0.5) is 0 Å². The van der Waals surface area contributed by atoms with Crippen LogP contribution in [0.5, 0.6) is 0 Å². The highest BCUT2D eigenvalue weighted by atomic mass is 79.9. The molecule has 4 nitrogen and oxygen atoms in total. The van der Waals surface area contributed by atoms with Crippen LogP contribution in [0.1, 0.15) is 18.9 Å². The van der Waals surface area contributed by atoms with Gasteiger partial charge in [0.1, 0.15) is 0 Å². The smallest absolute Gasteiger partial charge is 0.214 e. The Balaban J connectivity index is 2.51. The summed E-state index contributed by atoms with van der Waals surface area (Å²) in [6.07, 6.45) is 0.640. The van der Waals surface area contributed by atoms with Crippen LogP contribution in [-0.4, -0.2) is 38.6 Å². The summed E-state index contributed by atoms with van der Waals surface area (Å²) in [6.45, 7) is 4.03. The monoisotopic (exact) mass is 348 g/mol. The first-order chi connectivity index (χ1) is 8.95. The zero-order valence-corrected chi connectivity index (χ0v) is 13.8. The van der Waals surface area contributed by atoms with E-state index in [1.54, 1.807) is 7.05 Å². The van der Waals surface area contributed by atoms with E-state index in [2.05, 4.69) is 21.2 Å². The van der Waals surface area contributed by atoms with E-state index in [0.717, 1.165) is 23.1 Å². The summed E-state index contributed by atoms with van der Waals surface area (Å²) in [4.78, 5) is 0. The summed E-state index contributed by atoms with van der Waals surface area (Å²) in [5.41, 5.74) is 0.987. The van der Waals surface area contributed by atoms with Crippen molar-refractivity contribution >= 4 is 26.0 Å². The Labute approximate surface area is 124 Å². The van der Waals surface area contributed by atoms with Gasteiger partial charge >= 0.3 is 0 Å². The molecule has 0 amide bonds. The van der Waals surface area contributed by atoms with Crippen molar-refractivity contribution in [3.63, 3.8) is 0 Å². The fraction of sp³-hybridized carbons (Fsp3) is 0.538. The number of hydrogen-bond donors (Lipinski definition) is 1. The van der Waals surface area contributed by atoms with Gasteiger partial charge in [0.05, 0.1) is 5.75 Å². The maximum absolute atomic E-state index is 12.1. The van der Waals surface area contributed by atoms with E-state index in [1.807, 2.05) is 31.2 Å². The van der Waals surface area contributed by atoms with Crippen molar-refractivity contribution in [2.24, 2.45) is 0 Å². The molecule has 0 unspecified atom stereocenters. The average Bonchev–Trinajstić information content (AvgIpc) is 2.37. The van der Waals surface area contributed by atoms with Crippen molar-refractivity contribution in [1.29, 1.82) is 0 Å². The van der Waals surface area contributed by atoms with Crippen molar-refractivity contribution < 1.29 is 8.42 Å². The second kappa shape index (κ2) is 7.99. The van der Waals surface area contributed by atoms with Gasteiger partial charge in [-0.25, -0.2) is 12.7 Å². The molecule has 0 saturated heterocycles. The molecule has 0 aliphatic heterocycles. The molecule has 0 radical (unpaired) electrons. The molecule has 108 valence electrons. The van der Waals surface area contributed by atoms with E-state index in [0.29, 0.717) is 13.0 Å². The molecule has 0 bridgehead atoms. The highest BCUT2D eigenvalue weighted by Crippen LogP contribution is 2.13. The van der Waals surface area contributed by atoms with E-state index in [-0.39, 0.29) is 5.75 Å². The van der Waals surface area contributed by atoms with E-state index in [4.69, 9.17) is 0 Å². The van der Waals surface area contributed by atoms with E-state index < -0.39 is 10.0 Å². The Morgan fingerprint density at radius 1 is 1.26 bits per heavy atom. The van der Waals surface area contributed by atoms with Gasteiger partial charge in [-0.15, -0.1) is 0 Å². The zero-order chi connectivity index (χ0) is 14.3. The van der Waals surface area contributed by atoms with Gasteiger partial charge in [0.15, 0.2) is 0 Å². The molecule has 1 N–H and O–H groups in total. The minimum Gasteiger partial charge on any atom is -0.317 e. The highest BCUT2D eigenvalue weighted by molar-refractivity contribution is 9.10. The van der Waals surface area contributed by atoms with Gasteiger partial charge in [-0.3, -0.25) is 0 Å². The summed E-state index contributed by atoms with van der Waals surface area (Å²) >= 11 is 3.36. The lowest BCUT2D eigenvalue weighted by Gasteiger charge is -2.17. The van der Waals surface area contributed by atoms with Crippen LogP contribution in [0.3, 0.4) is 0 Å².